The van der Waals surface area contributed by atoms with E-state index in [9.17, 15) is 0 Å². The van der Waals surface area contributed by atoms with Gasteiger partial charge in [-0.25, -0.2) is 0 Å². The highest BCUT2D eigenvalue weighted by atomic mass is 15.2. The molecule has 0 radical (unpaired) electrons. The van der Waals surface area contributed by atoms with Crippen LogP contribution >= 0.6 is 0 Å². The monoisotopic (exact) mass is 861 g/mol. The van der Waals surface area contributed by atoms with Crippen LogP contribution in [0.3, 0.4) is 0 Å². The van der Waals surface area contributed by atoms with Gasteiger partial charge in [0.1, 0.15) is 0 Å². The highest BCUT2D eigenvalue weighted by Crippen LogP contribution is 2.53. The molecule has 0 N–H and O–H groups in total. The van der Waals surface area contributed by atoms with E-state index >= 15 is 0 Å². The van der Waals surface area contributed by atoms with Crippen LogP contribution in [0.1, 0.15) is 30.5 Å². The quantitative estimate of drug-likeness (QED) is 0.128. The zero-order chi connectivity index (χ0) is 45.3. The maximum Gasteiger partial charge on any atom is 0.0540 e. The van der Waals surface area contributed by atoms with E-state index < -0.39 is 0 Å². The molecule has 0 atom stereocenters. The first kappa shape index (κ1) is 41.3. The van der Waals surface area contributed by atoms with Gasteiger partial charge in [-0.3, -0.25) is 0 Å². The molecule has 0 unspecified atom stereocenters. The van der Waals surface area contributed by atoms with Crippen molar-refractivity contribution in [1.82, 2.24) is 0 Å². The zero-order valence-electron chi connectivity index (χ0n) is 38.1. The lowest BCUT2D eigenvalue weighted by molar-refractivity contribution is 0.660. The predicted molar refractivity (Wildman–Crippen MR) is 284 cm³/mol. The average Bonchev–Trinajstić information content (AvgIpc) is 3.62. The lowest BCUT2D eigenvalue weighted by atomic mass is 9.82. The molecule has 67 heavy (non-hydrogen) atoms. The van der Waals surface area contributed by atoms with Crippen molar-refractivity contribution in [3.05, 3.63) is 271 Å². The number of para-hydroxylation sites is 4. The van der Waals surface area contributed by atoms with Gasteiger partial charge in [0.15, 0.2) is 0 Å². The standard InChI is InChI=1S/C64H51N3/c1-46-22-21-34-60-63(46)59-41-40-54(45-61(59)64(60,2)3)66(53-38-36-48(37-39-53)47-23-9-4-10-24-47)56-42-55(65(50-27-13-6-14-28-50)51-29-15-7-16-30-51)43-57(44-56)67(52-31-17-8-18-32-52)62-35-20-19-33-58(62)49-25-11-5-12-26-49/h4-45H,1-3H3. The Kier molecular flexibility index (Phi) is 10.8. The Hall–Kier alpha value is -8.40. The highest BCUT2D eigenvalue weighted by molar-refractivity contribution is 5.94. The SMILES string of the molecule is Cc1cccc2c1-c1ccc(N(c3ccc(-c4ccccc4)cc3)c3cc(N(c4ccccc4)c4ccccc4)cc(N(c4ccccc4)c4ccccc4-c4ccccc4)c3)cc1C2(C)C. The van der Waals surface area contributed by atoms with Gasteiger partial charge < -0.3 is 14.7 Å². The van der Waals surface area contributed by atoms with Crippen molar-refractivity contribution in [3.8, 4) is 33.4 Å². The minimum absolute atomic E-state index is 0.189. The molecule has 0 bridgehead atoms. The first-order valence-electron chi connectivity index (χ1n) is 23.2. The summed E-state index contributed by atoms with van der Waals surface area (Å²) in [6, 6.07) is 92.4. The molecule has 0 aromatic heterocycles. The van der Waals surface area contributed by atoms with Gasteiger partial charge in [-0.2, -0.15) is 0 Å². The molecule has 0 spiro atoms. The summed E-state index contributed by atoms with van der Waals surface area (Å²) in [5.41, 5.74) is 20.7. The number of nitrogens with zero attached hydrogens (tertiary/aromatic N) is 3. The largest absolute Gasteiger partial charge is 0.310 e. The van der Waals surface area contributed by atoms with Crippen LogP contribution in [0.25, 0.3) is 33.4 Å². The Morgan fingerprint density at radius 2 is 0.716 bits per heavy atom. The molecule has 3 heteroatoms. The Balaban J connectivity index is 1.20. The summed E-state index contributed by atoms with van der Waals surface area (Å²) in [6.45, 7) is 6.99. The summed E-state index contributed by atoms with van der Waals surface area (Å²) in [5, 5.41) is 0. The molecular formula is C64H51N3. The molecule has 1 aliphatic rings. The van der Waals surface area contributed by atoms with E-state index in [1.165, 1.54) is 38.9 Å². The van der Waals surface area contributed by atoms with Crippen molar-refractivity contribution in [2.45, 2.75) is 26.2 Å². The summed E-state index contributed by atoms with van der Waals surface area (Å²) in [6.07, 6.45) is 0. The van der Waals surface area contributed by atoms with Gasteiger partial charge in [0.2, 0.25) is 0 Å². The van der Waals surface area contributed by atoms with E-state index in [0.717, 1.165) is 62.3 Å². The van der Waals surface area contributed by atoms with Gasteiger partial charge >= 0.3 is 0 Å². The van der Waals surface area contributed by atoms with Crippen molar-refractivity contribution < 1.29 is 0 Å². The fourth-order valence-electron chi connectivity index (χ4n) is 10.1. The molecule has 0 fully saturated rings. The van der Waals surface area contributed by atoms with E-state index in [1.807, 2.05) is 0 Å². The van der Waals surface area contributed by atoms with E-state index in [-0.39, 0.29) is 5.41 Å². The average molecular weight is 862 g/mol. The van der Waals surface area contributed by atoms with Gasteiger partial charge in [0, 0.05) is 39.4 Å². The fraction of sp³-hybridized carbons (Fsp3) is 0.0625. The smallest absolute Gasteiger partial charge is 0.0540 e. The van der Waals surface area contributed by atoms with Gasteiger partial charge in [0.25, 0.3) is 0 Å². The Labute approximate surface area is 395 Å². The van der Waals surface area contributed by atoms with Crippen LogP contribution < -0.4 is 14.7 Å². The van der Waals surface area contributed by atoms with Crippen LogP contribution in [0.4, 0.5) is 51.2 Å². The molecular weight excluding hydrogens is 811 g/mol. The Bertz CT molecular complexity index is 3270. The third kappa shape index (κ3) is 7.75. The molecule has 0 aliphatic heterocycles. The van der Waals surface area contributed by atoms with E-state index in [2.05, 4.69) is 290 Å². The number of hydrogen-bond donors (Lipinski definition) is 0. The molecule has 3 nitrogen and oxygen atoms in total. The maximum absolute atomic E-state index is 2.45. The molecule has 0 saturated carbocycles. The topological polar surface area (TPSA) is 9.72 Å². The summed E-state index contributed by atoms with van der Waals surface area (Å²) < 4.78 is 0. The first-order valence-corrected chi connectivity index (χ1v) is 23.2. The lowest BCUT2D eigenvalue weighted by Gasteiger charge is -2.34. The zero-order valence-corrected chi connectivity index (χ0v) is 38.1. The summed E-state index contributed by atoms with van der Waals surface area (Å²) in [7, 11) is 0. The van der Waals surface area contributed by atoms with E-state index in [4.69, 9.17) is 0 Å². The van der Waals surface area contributed by atoms with E-state index in [0.29, 0.717) is 0 Å². The third-order valence-electron chi connectivity index (χ3n) is 13.3. The predicted octanol–water partition coefficient (Wildman–Crippen LogP) is 18.0. The summed E-state index contributed by atoms with van der Waals surface area (Å²) in [4.78, 5) is 7.25. The molecule has 0 heterocycles. The Morgan fingerprint density at radius 3 is 1.30 bits per heavy atom. The van der Waals surface area contributed by atoms with Crippen molar-refractivity contribution in [3.63, 3.8) is 0 Å². The number of rotatable bonds is 11. The van der Waals surface area contributed by atoms with Gasteiger partial charge in [-0.15, -0.1) is 0 Å². The maximum atomic E-state index is 2.45. The van der Waals surface area contributed by atoms with Crippen molar-refractivity contribution in [1.29, 1.82) is 0 Å². The van der Waals surface area contributed by atoms with Crippen LogP contribution in [0.15, 0.2) is 255 Å². The molecule has 322 valence electrons. The van der Waals surface area contributed by atoms with Gasteiger partial charge in [0.05, 0.1) is 22.7 Å². The second-order valence-corrected chi connectivity index (χ2v) is 17.9. The van der Waals surface area contributed by atoms with Crippen LogP contribution in [-0.2, 0) is 5.41 Å². The summed E-state index contributed by atoms with van der Waals surface area (Å²) in [5.74, 6) is 0. The number of benzene rings is 10. The molecule has 1 aliphatic carbocycles. The number of anilines is 9. The number of aryl methyl sites for hydroxylation is 1. The fourth-order valence-corrected chi connectivity index (χ4v) is 10.1. The minimum atomic E-state index is -0.189. The molecule has 11 rings (SSSR count). The van der Waals surface area contributed by atoms with Crippen LogP contribution in [0.2, 0.25) is 0 Å². The molecule has 10 aromatic carbocycles. The number of fused-ring (bicyclic) bond motifs is 3. The summed E-state index contributed by atoms with van der Waals surface area (Å²) >= 11 is 0. The Morgan fingerprint density at radius 1 is 0.284 bits per heavy atom. The van der Waals surface area contributed by atoms with Crippen LogP contribution in [0.5, 0.6) is 0 Å². The second-order valence-electron chi connectivity index (χ2n) is 17.9. The van der Waals surface area contributed by atoms with Crippen molar-refractivity contribution in [2.75, 3.05) is 14.7 Å². The minimum Gasteiger partial charge on any atom is -0.310 e. The van der Waals surface area contributed by atoms with Gasteiger partial charge in [-0.1, -0.05) is 184 Å². The first-order chi connectivity index (χ1) is 32.9. The van der Waals surface area contributed by atoms with Gasteiger partial charge in [-0.05, 0) is 136 Å². The normalized spacial score (nSPS) is 12.2. The van der Waals surface area contributed by atoms with Crippen LogP contribution in [-0.4, -0.2) is 0 Å². The lowest BCUT2D eigenvalue weighted by Crippen LogP contribution is -2.18. The number of hydrogen-bond acceptors (Lipinski definition) is 3. The van der Waals surface area contributed by atoms with Crippen LogP contribution in [0, 0.1) is 6.92 Å². The molecule has 0 amide bonds. The second kappa shape index (κ2) is 17.5. The molecule has 10 aromatic rings. The van der Waals surface area contributed by atoms with Crippen molar-refractivity contribution >= 4 is 51.2 Å². The molecule has 0 saturated heterocycles. The van der Waals surface area contributed by atoms with E-state index in [1.54, 1.807) is 0 Å². The van der Waals surface area contributed by atoms with Crippen molar-refractivity contribution in [2.24, 2.45) is 0 Å². The highest BCUT2D eigenvalue weighted by Gasteiger charge is 2.37. The third-order valence-corrected chi connectivity index (χ3v) is 13.3.